The second-order valence-corrected chi connectivity index (χ2v) is 6.79. The van der Waals surface area contributed by atoms with Crippen LogP contribution in [0.1, 0.15) is 48.9 Å². The molecule has 2 rings (SSSR count). The average molecular weight is 344 g/mol. The van der Waals surface area contributed by atoms with Crippen LogP contribution in [-0.2, 0) is 6.42 Å². The van der Waals surface area contributed by atoms with Gasteiger partial charge in [0.05, 0.1) is 10.6 Å². The molecule has 1 aromatic heterocycles. The molecule has 1 atom stereocenters. The molecule has 3 nitrogen and oxygen atoms in total. The zero-order valence-electron chi connectivity index (χ0n) is 12.4. The summed E-state index contributed by atoms with van der Waals surface area (Å²) < 4.78 is 4.12. The first-order valence-corrected chi connectivity index (χ1v) is 8.55. The summed E-state index contributed by atoms with van der Waals surface area (Å²) in [6, 6.07) is 5.74. The highest BCUT2D eigenvalue weighted by Crippen LogP contribution is 2.33. The van der Waals surface area contributed by atoms with Crippen LogP contribution in [0.3, 0.4) is 0 Å². The first-order valence-electron chi connectivity index (χ1n) is 7.03. The van der Waals surface area contributed by atoms with E-state index in [-0.39, 0.29) is 6.04 Å². The first-order chi connectivity index (χ1) is 10.0. The van der Waals surface area contributed by atoms with Crippen molar-refractivity contribution in [1.29, 1.82) is 0 Å². The summed E-state index contributed by atoms with van der Waals surface area (Å²) in [6.45, 7) is 7.21. The van der Waals surface area contributed by atoms with Crippen LogP contribution in [0.2, 0.25) is 10.0 Å². The van der Waals surface area contributed by atoms with E-state index in [1.165, 1.54) is 16.4 Å². The number of aromatic nitrogens is 2. The number of nitrogens with one attached hydrogen (secondary N) is 1. The molecule has 0 amide bonds. The minimum Gasteiger partial charge on any atom is -0.309 e. The highest BCUT2D eigenvalue weighted by Gasteiger charge is 2.22. The number of hydrogen-bond donors (Lipinski definition) is 1. The lowest BCUT2D eigenvalue weighted by Crippen LogP contribution is -2.23. The van der Waals surface area contributed by atoms with E-state index in [2.05, 4.69) is 35.7 Å². The van der Waals surface area contributed by atoms with Crippen molar-refractivity contribution in [2.75, 3.05) is 6.54 Å². The van der Waals surface area contributed by atoms with Gasteiger partial charge in [-0.3, -0.25) is 0 Å². The minimum atomic E-state index is 0.129. The van der Waals surface area contributed by atoms with E-state index >= 15 is 0 Å². The zero-order chi connectivity index (χ0) is 15.4. The Morgan fingerprint density at radius 3 is 2.48 bits per heavy atom. The van der Waals surface area contributed by atoms with E-state index in [1.54, 1.807) is 0 Å². The van der Waals surface area contributed by atoms with Crippen LogP contribution in [-0.4, -0.2) is 16.1 Å². The van der Waals surface area contributed by atoms with Gasteiger partial charge in [0.25, 0.3) is 0 Å². The molecule has 0 fully saturated rings. The molecule has 6 heteroatoms. The molecule has 0 aliphatic carbocycles. The van der Waals surface area contributed by atoms with E-state index in [1.807, 2.05) is 18.2 Å². The maximum atomic E-state index is 6.30. The van der Waals surface area contributed by atoms with Crippen molar-refractivity contribution in [3.63, 3.8) is 0 Å². The monoisotopic (exact) mass is 343 g/mol. The summed E-state index contributed by atoms with van der Waals surface area (Å²) in [4.78, 5) is 1.17. The normalized spacial score (nSPS) is 12.9. The third-order valence-corrected chi connectivity index (χ3v) is 4.89. The Morgan fingerprint density at radius 2 is 1.90 bits per heavy atom. The van der Waals surface area contributed by atoms with Crippen molar-refractivity contribution in [2.45, 2.75) is 39.2 Å². The Morgan fingerprint density at radius 1 is 1.24 bits per heavy atom. The number of halogens is 2. The van der Waals surface area contributed by atoms with Gasteiger partial charge >= 0.3 is 0 Å². The van der Waals surface area contributed by atoms with Gasteiger partial charge in [-0.15, -0.1) is 5.10 Å². The van der Waals surface area contributed by atoms with Gasteiger partial charge in [-0.25, -0.2) is 0 Å². The van der Waals surface area contributed by atoms with E-state index in [4.69, 9.17) is 23.2 Å². The fourth-order valence-corrected chi connectivity index (χ4v) is 3.71. The van der Waals surface area contributed by atoms with Crippen LogP contribution in [0.15, 0.2) is 18.2 Å². The third kappa shape index (κ3) is 3.95. The van der Waals surface area contributed by atoms with Gasteiger partial charge in [0.1, 0.15) is 0 Å². The van der Waals surface area contributed by atoms with Crippen LogP contribution in [0.4, 0.5) is 0 Å². The molecule has 114 valence electrons. The fourth-order valence-electron chi connectivity index (χ4n) is 2.28. The Kier molecular flexibility index (Phi) is 5.99. The molecule has 0 saturated carbocycles. The summed E-state index contributed by atoms with van der Waals surface area (Å²) in [6.07, 6.45) is 0.732. The Hall–Kier alpha value is -0.680. The van der Waals surface area contributed by atoms with E-state index in [0.717, 1.165) is 24.2 Å². The fraction of sp³-hybridized carbons (Fsp3) is 0.467. The Labute approximate surface area is 139 Å². The van der Waals surface area contributed by atoms with Gasteiger partial charge in [0, 0.05) is 16.1 Å². The molecule has 0 bridgehead atoms. The van der Waals surface area contributed by atoms with Crippen LogP contribution in [0, 0.1) is 0 Å². The van der Waals surface area contributed by atoms with Gasteiger partial charge in [-0.05, 0) is 48.1 Å². The predicted octanol–water partition coefficient (Wildman–Crippen LogP) is 4.86. The molecule has 0 aliphatic rings. The number of likely N-dealkylation sites (N-methyl/N-ethyl adjacent to an activating group) is 1. The summed E-state index contributed by atoms with van der Waals surface area (Å²) in [5.74, 6) is 0.349. The highest BCUT2D eigenvalue weighted by atomic mass is 35.5. The quantitative estimate of drug-likeness (QED) is 0.813. The molecule has 0 radical (unpaired) electrons. The molecular formula is C15H19Cl2N3S. The highest BCUT2D eigenvalue weighted by molar-refractivity contribution is 7.05. The van der Waals surface area contributed by atoms with E-state index in [9.17, 15) is 0 Å². The molecular weight excluding hydrogens is 325 g/mol. The first kappa shape index (κ1) is 16.7. The summed E-state index contributed by atoms with van der Waals surface area (Å²) in [5, 5.41) is 9.17. The molecule has 1 aromatic carbocycles. The lowest BCUT2D eigenvalue weighted by atomic mass is 10.00. The van der Waals surface area contributed by atoms with Gasteiger partial charge in [-0.1, -0.05) is 54.5 Å². The van der Waals surface area contributed by atoms with Crippen LogP contribution in [0.25, 0.3) is 0 Å². The molecule has 0 aliphatic heterocycles. The molecule has 1 N–H and O–H groups in total. The lowest BCUT2D eigenvalue weighted by Gasteiger charge is -2.19. The lowest BCUT2D eigenvalue weighted by molar-refractivity contribution is 0.549. The number of rotatable bonds is 6. The Balaban J connectivity index is 2.33. The second-order valence-electron chi connectivity index (χ2n) is 5.19. The third-order valence-electron chi connectivity index (χ3n) is 3.32. The van der Waals surface area contributed by atoms with Gasteiger partial charge < -0.3 is 5.32 Å². The smallest absolute Gasteiger partial charge is 0.0829 e. The number of hydrogen-bond acceptors (Lipinski definition) is 4. The minimum absolute atomic E-state index is 0.129. The maximum absolute atomic E-state index is 6.30. The molecule has 0 spiro atoms. The van der Waals surface area contributed by atoms with Crippen molar-refractivity contribution in [1.82, 2.24) is 14.9 Å². The van der Waals surface area contributed by atoms with Gasteiger partial charge in [-0.2, -0.15) is 0 Å². The summed E-state index contributed by atoms with van der Waals surface area (Å²) in [5.41, 5.74) is 2.02. The molecule has 1 heterocycles. The van der Waals surface area contributed by atoms with E-state index in [0.29, 0.717) is 16.0 Å². The second kappa shape index (κ2) is 7.54. The topological polar surface area (TPSA) is 37.8 Å². The van der Waals surface area contributed by atoms with Gasteiger partial charge in [0.2, 0.25) is 0 Å². The zero-order valence-corrected chi connectivity index (χ0v) is 14.7. The summed E-state index contributed by atoms with van der Waals surface area (Å²) >= 11 is 14.0. The molecule has 0 saturated heterocycles. The standard InChI is InChI=1S/C15H19Cl2N3S/c1-4-18-13(15-14(9(2)3)19-20-21-15)8-10-11(16)6-5-7-12(10)17/h5-7,9,13,18H,4,8H2,1-3H3. The molecule has 2 aromatic rings. The van der Waals surface area contributed by atoms with Crippen molar-refractivity contribution < 1.29 is 0 Å². The molecule has 1 unspecified atom stereocenters. The Bertz CT molecular complexity index is 578. The molecule has 21 heavy (non-hydrogen) atoms. The average Bonchev–Trinajstić information content (AvgIpc) is 2.91. The van der Waals surface area contributed by atoms with Crippen molar-refractivity contribution in [3.8, 4) is 0 Å². The summed E-state index contributed by atoms with van der Waals surface area (Å²) in [7, 11) is 0. The van der Waals surface area contributed by atoms with E-state index < -0.39 is 0 Å². The largest absolute Gasteiger partial charge is 0.309 e. The van der Waals surface area contributed by atoms with Crippen LogP contribution >= 0.6 is 34.7 Å². The van der Waals surface area contributed by atoms with Gasteiger partial charge in [0.15, 0.2) is 0 Å². The van der Waals surface area contributed by atoms with Crippen molar-refractivity contribution in [2.24, 2.45) is 0 Å². The van der Waals surface area contributed by atoms with Crippen molar-refractivity contribution >= 4 is 34.7 Å². The number of benzene rings is 1. The van der Waals surface area contributed by atoms with Crippen LogP contribution < -0.4 is 5.32 Å². The SMILES string of the molecule is CCNC(Cc1c(Cl)cccc1Cl)c1snnc1C(C)C. The maximum Gasteiger partial charge on any atom is 0.0829 e. The predicted molar refractivity (Wildman–Crippen MR) is 90.6 cm³/mol. The number of nitrogens with zero attached hydrogens (tertiary/aromatic N) is 2. The van der Waals surface area contributed by atoms with Crippen LogP contribution in [0.5, 0.6) is 0 Å². The van der Waals surface area contributed by atoms with Crippen molar-refractivity contribution in [3.05, 3.63) is 44.4 Å².